The monoisotopic (exact) mass is 252 g/mol. The van der Waals surface area contributed by atoms with Gasteiger partial charge < -0.3 is 15.0 Å². The average molecular weight is 252 g/mol. The lowest BCUT2D eigenvalue weighted by molar-refractivity contribution is -0.140. The van der Waals surface area contributed by atoms with Crippen molar-refractivity contribution < 1.29 is 9.53 Å². The molecule has 0 bridgehead atoms. The standard InChI is InChI=1S/C14H24N2O2/c1-3-13-11(4-5-18-13)14(17)16-9(2)6-10-7-15-8-12(10)16/h9-13,15H,3-8H2,1-2H3. The second-order valence-corrected chi connectivity index (χ2v) is 6.03. The Labute approximate surface area is 109 Å². The van der Waals surface area contributed by atoms with Gasteiger partial charge in [0.25, 0.3) is 0 Å². The number of rotatable bonds is 2. The van der Waals surface area contributed by atoms with Gasteiger partial charge in [0, 0.05) is 31.8 Å². The molecule has 0 aromatic rings. The molecule has 5 atom stereocenters. The van der Waals surface area contributed by atoms with E-state index in [1.807, 2.05) is 0 Å². The molecule has 3 aliphatic rings. The Bertz CT molecular complexity index is 334. The number of carbonyl (C=O) groups excluding carboxylic acids is 1. The normalized spacial score (nSPS) is 43.4. The van der Waals surface area contributed by atoms with Crippen molar-refractivity contribution in [2.75, 3.05) is 19.7 Å². The van der Waals surface area contributed by atoms with E-state index in [0.717, 1.165) is 39.0 Å². The molecule has 3 heterocycles. The van der Waals surface area contributed by atoms with Gasteiger partial charge >= 0.3 is 0 Å². The first kappa shape index (κ1) is 12.4. The zero-order valence-electron chi connectivity index (χ0n) is 11.4. The Morgan fingerprint density at radius 2 is 2.28 bits per heavy atom. The van der Waals surface area contributed by atoms with Gasteiger partial charge in [0.15, 0.2) is 0 Å². The van der Waals surface area contributed by atoms with E-state index in [0.29, 0.717) is 23.9 Å². The summed E-state index contributed by atoms with van der Waals surface area (Å²) in [5, 5.41) is 3.42. The topological polar surface area (TPSA) is 41.6 Å². The van der Waals surface area contributed by atoms with Crippen molar-refractivity contribution >= 4 is 5.91 Å². The SMILES string of the molecule is CCC1OCCC1C(=O)N1C(C)CC2CNCC21. The highest BCUT2D eigenvalue weighted by Crippen LogP contribution is 2.36. The Morgan fingerprint density at radius 1 is 1.44 bits per heavy atom. The third kappa shape index (κ3) is 1.86. The number of ether oxygens (including phenoxy) is 1. The third-order valence-electron chi connectivity index (χ3n) is 4.96. The number of hydrogen-bond acceptors (Lipinski definition) is 3. The quantitative estimate of drug-likeness (QED) is 0.797. The Hall–Kier alpha value is -0.610. The van der Waals surface area contributed by atoms with Gasteiger partial charge in [-0.3, -0.25) is 4.79 Å². The summed E-state index contributed by atoms with van der Waals surface area (Å²) in [5.74, 6) is 1.13. The zero-order valence-corrected chi connectivity index (χ0v) is 11.4. The highest BCUT2D eigenvalue weighted by Gasteiger charge is 2.47. The Balaban J connectivity index is 1.75. The summed E-state index contributed by atoms with van der Waals surface area (Å²) in [5.41, 5.74) is 0. The number of hydrogen-bond donors (Lipinski definition) is 1. The lowest BCUT2D eigenvalue weighted by Crippen LogP contribution is -2.47. The minimum atomic E-state index is 0.108. The van der Waals surface area contributed by atoms with E-state index in [1.165, 1.54) is 0 Å². The van der Waals surface area contributed by atoms with Crippen molar-refractivity contribution in [2.45, 2.75) is 51.3 Å². The van der Waals surface area contributed by atoms with E-state index >= 15 is 0 Å². The number of carbonyl (C=O) groups is 1. The molecule has 3 rings (SSSR count). The summed E-state index contributed by atoms with van der Waals surface area (Å²) in [6.07, 6.45) is 3.17. The molecule has 1 N–H and O–H groups in total. The molecule has 3 saturated heterocycles. The first-order chi connectivity index (χ1) is 8.72. The Kier molecular flexibility index (Phi) is 3.32. The van der Waals surface area contributed by atoms with Crippen LogP contribution in [0.1, 0.15) is 33.1 Å². The number of nitrogens with one attached hydrogen (secondary N) is 1. The molecule has 0 spiro atoms. The molecule has 3 fully saturated rings. The summed E-state index contributed by atoms with van der Waals surface area (Å²) in [6, 6.07) is 0.846. The van der Waals surface area contributed by atoms with Gasteiger partial charge in [0.05, 0.1) is 12.0 Å². The van der Waals surface area contributed by atoms with Gasteiger partial charge in [-0.15, -0.1) is 0 Å². The lowest BCUT2D eigenvalue weighted by atomic mass is 9.97. The summed E-state index contributed by atoms with van der Waals surface area (Å²) in [7, 11) is 0. The first-order valence-corrected chi connectivity index (χ1v) is 7.36. The maximum absolute atomic E-state index is 12.8. The highest BCUT2D eigenvalue weighted by molar-refractivity contribution is 5.81. The molecule has 102 valence electrons. The first-order valence-electron chi connectivity index (χ1n) is 7.36. The van der Waals surface area contributed by atoms with Crippen LogP contribution in [0.15, 0.2) is 0 Å². The van der Waals surface area contributed by atoms with Crippen LogP contribution < -0.4 is 5.32 Å². The minimum Gasteiger partial charge on any atom is -0.377 e. The van der Waals surface area contributed by atoms with Crippen LogP contribution in [0.2, 0.25) is 0 Å². The molecule has 4 nitrogen and oxygen atoms in total. The fraction of sp³-hybridized carbons (Fsp3) is 0.929. The second-order valence-electron chi connectivity index (χ2n) is 6.03. The van der Waals surface area contributed by atoms with E-state index in [4.69, 9.17) is 4.74 Å². The van der Waals surface area contributed by atoms with Crippen LogP contribution in [0.5, 0.6) is 0 Å². The predicted molar refractivity (Wildman–Crippen MR) is 69.2 cm³/mol. The van der Waals surface area contributed by atoms with Gasteiger partial charge in [0.1, 0.15) is 0 Å². The highest BCUT2D eigenvalue weighted by atomic mass is 16.5. The van der Waals surface area contributed by atoms with Gasteiger partial charge in [-0.2, -0.15) is 0 Å². The number of amides is 1. The van der Waals surface area contributed by atoms with Crippen LogP contribution in [-0.2, 0) is 9.53 Å². The van der Waals surface area contributed by atoms with Gasteiger partial charge in [-0.05, 0) is 32.1 Å². The molecule has 1 amide bonds. The van der Waals surface area contributed by atoms with Crippen LogP contribution in [0, 0.1) is 11.8 Å². The molecular formula is C14H24N2O2. The smallest absolute Gasteiger partial charge is 0.228 e. The van der Waals surface area contributed by atoms with E-state index in [1.54, 1.807) is 0 Å². The third-order valence-corrected chi connectivity index (χ3v) is 4.96. The van der Waals surface area contributed by atoms with E-state index in [9.17, 15) is 4.79 Å². The summed E-state index contributed by atoms with van der Waals surface area (Å²) < 4.78 is 5.68. The van der Waals surface area contributed by atoms with E-state index < -0.39 is 0 Å². The van der Waals surface area contributed by atoms with Crippen LogP contribution in [0.3, 0.4) is 0 Å². The lowest BCUT2D eigenvalue weighted by Gasteiger charge is -2.31. The molecule has 0 aliphatic carbocycles. The molecule has 0 radical (unpaired) electrons. The van der Waals surface area contributed by atoms with E-state index in [-0.39, 0.29) is 12.0 Å². The molecular weight excluding hydrogens is 228 g/mol. The van der Waals surface area contributed by atoms with Crippen molar-refractivity contribution in [3.05, 3.63) is 0 Å². The molecule has 0 aromatic carbocycles. The predicted octanol–water partition coefficient (Wildman–Crippen LogP) is 1.01. The van der Waals surface area contributed by atoms with E-state index in [2.05, 4.69) is 24.1 Å². The van der Waals surface area contributed by atoms with Gasteiger partial charge in [0.2, 0.25) is 5.91 Å². The summed E-state index contributed by atoms with van der Waals surface area (Å²) >= 11 is 0. The minimum absolute atomic E-state index is 0.108. The number of fused-ring (bicyclic) bond motifs is 1. The summed E-state index contributed by atoms with van der Waals surface area (Å²) in [6.45, 7) is 7.13. The molecule has 18 heavy (non-hydrogen) atoms. The van der Waals surface area contributed by atoms with Crippen molar-refractivity contribution in [3.8, 4) is 0 Å². The number of likely N-dealkylation sites (tertiary alicyclic amines) is 1. The largest absolute Gasteiger partial charge is 0.377 e. The molecule has 0 aromatic heterocycles. The van der Waals surface area contributed by atoms with Crippen LogP contribution >= 0.6 is 0 Å². The van der Waals surface area contributed by atoms with Crippen molar-refractivity contribution in [2.24, 2.45) is 11.8 Å². The Morgan fingerprint density at radius 3 is 3.06 bits per heavy atom. The fourth-order valence-corrected chi connectivity index (χ4v) is 4.07. The maximum Gasteiger partial charge on any atom is 0.228 e. The zero-order chi connectivity index (χ0) is 12.7. The maximum atomic E-state index is 12.8. The van der Waals surface area contributed by atoms with Crippen molar-refractivity contribution in [1.29, 1.82) is 0 Å². The molecule has 0 saturated carbocycles. The van der Waals surface area contributed by atoms with Gasteiger partial charge in [-0.25, -0.2) is 0 Å². The van der Waals surface area contributed by atoms with Gasteiger partial charge in [-0.1, -0.05) is 6.92 Å². The van der Waals surface area contributed by atoms with Crippen LogP contribution in [0.25, 0.3) is 0 Å². The summed E-state index contributed by atoms with van der Waals surface area (Å²) in [4.78, 5) is 15.0. The van der Waals surface area contributed by atoms with Crippen molar-refractivity contribution in [3.63, 3.8) is 0 Å². The molecule has 3 aliphatic heterocycles. The second kappa shape index (κ2) is 4.82. The average Bonchev–Trinajstić information content (AvgIpc) is 3.01. The van der Waals surface area contributed by atoms with Crippen LogP contribution in [0.4, 0.5) is 0 Å². The molecule has 4 heteroatoms. The van der Waals surface area contributed by atoms with Crippen molar-refractivity contribution in [1.82, 2.24) is 10.2 Å². The molecule has 5 unspecified atom stereocenters. The fourth-order valence-electron chi connectivity index (χ4n) is 4.07. The van der Waals surface area contributed by atoms with Crippen LogP contribution in [-0.4, -0.2) is 48.7 Å². The number of nitrogens with zero attached hydrogens (tertiary/aromatic N) is 1.